The lowest BCUT2D eigenvalue weighted by molar-refractivity contribution is -0.385. The van der Waals surface area contributed by atoms with Gasteiger partial charge in [-0.1, -0.05) is 30.7 Å². The summed E-state index contributed by atoms with van der Waals surface area (Å²) in [6, 6.07) is 11.6. The number of carbonyl (C=O) groups excluding carboxylic acids is 3. The SMILES string of the molecule is O=C(CCCCCN1C(=O)c2cccc([N+](=O)[O-])c2C1=O)NC1CCOc2ccccc21. The van der Waals surface area contributed by atoms with Gasteiger partial charge in [0.2, 0.25) is 5.91 Å². The summed E-state index contributed by atoms with van der Waals surface area (Å²) in [5.41, 5.74) is 0.556. The van der Waals surface area contributed by atoms with Crippen molar-refractivity contribution in [2.45, 2.75) is 38.1 Å². The molecule has 2 aromatic rings. The van der Waals surface area contributed by atoms with Crippen LogP contribution in [0.25, 0.3) is 0 Å². The predicted molar refractivity (Wildman–Crippen MR) is 114 cm³/mol. The van der Waals surface area contributed by atoms with E-state index < -0.39 is 16.7 Å². The first-order valence-electron chi connectivity index (χ1n) is 10.6. The molecule has 0 aliphatic carbocycles. The highest BCUT2D eigenvalue weighted by atomic mass is 16.6. The highest BCUT2D eigenvalue weighted by Gasteiger charge is 2.40. The van der Waals surface area contributed by atoms with Crippen LogP contribution in [0.4, 0.5) is 5.69 Å². The molecule has 4 rings (SSSR count). The number of benzene rings is 2. The number of ether oxygens (including phenoxy) is 1. The maximum absolute atomic E-state index is 12.6. The fraction of sp³-hybridized carbons (Fsp3) is 0.348. The predicted octanol–water partition coefficient (Wildman–Crippen LogP) is 3.39. The summed E-state index contributed by atoms with van der Waals surface area (Å²) >= 11 is 0. The van der Waals surface area contributed by atoms with Gasteiger partial charge < -0.3 is 10.1 Å². The first-order chi connectivity index (χ1) is 15.5. The first-order valence-corrected chi connectivity index (χ1v) is 10.6. The number of nitro benzene ring substituents is 1. The molecule has 166 valence electrons. The number of nitrogens with one attached hydrogen (secondary N) is 1. The van der Waals surface area contributed by atoms with Crippen LogP contribution in [-0.2, 0) is 4.79 Å². The number of para-hydroxylation sites is 1. The number of hydrogen-bond acceptors (Lipinski definition) is 6. The molecule has 9 heteroatoms. The van der Waals surface area contributed by atoms with E-state index in [1.165, 1.54) is 18.2 Å². The summed E-state index contributed by atoms with van der Waals surface area (Å²) in [4.78, 5) is 49.0. The second-order valence-corrected chi connectivity index (χ2v) is 7.82. The molecule has 2 aromatic carbocycles. The molecular formula is C23H23N3O6. The van der Waals surface area contributed by atoms with Crippen LogP contribution in [-0.4, -0.2) is 40.7 Å². The van der Waals surface area contributed by atoms with E-state index in [0.717, 1.165) is 16.2 Å². The van der Waals surface area contributed by atoms with Gasteiger partial charge in [-0.15, -0.1) is 0 Å². The second-order valence-electron chi connectivity index (χ2n) is 7.82. The minimum absolute atomic E-state index is 0.0527. The Hall–Kier alpha value is -3.75. The third-order valence-electron chi connectivity index (χ3n) is 5.75. The van der Waals surface area contributed by atoms with Gasteiger partial charge in [0, 0.05) is 31.0 Å². The van der Waals surface area contributed by atoms with Gasteiger partial charge in [0.25, 0.3) is 17.5 Å². The summed E-state index contributed by atoms with van der Waals surface area (Å²) < 4.78 is 5.61. The van der Waals surface area contributed by atoms with Crippen molar-refractivity contribution in [3.8, 4) is 5.75 Å². The minimum Gasteiger partial charge on any atom is -0.493 e. The Morgan fingerprint density at radius 2 is 1.91 bits per heavy atom. The van der Waals surface area contributed by atoms with E-state index in [-0.39, 0.29) is 35.3 Å². The molecule has 1 unspecified atom stereocenters. The van der Waals surface area contributed by atoms with Crippen molar-refractivity contribution < 1.29 is 24.0 Å². The highest BCUT2D eigenvalue weighted by molar-refractivity contribution is 6.23. The Kier molecular flexibility index (Phi) is 6.16. The van der Waals surface area contributed by atoms with Crippen LogP contribution in [0, 0.1) is 10.1 Å². The topological polar surface area (TPSA) is 119 Å². The maximum Gasteiger partial charge on any atom is 0.282 e. The van der Waals surface area contributed by atoms with Crippen molar-refractivity contribution in [3.05, 3.63) is 69.3 Å². The first kappa shape index (κ1) is 21.5. The van der Waals surface area contributed by atoms with Crippen LogP contribution in [0.15, 0.2) is 42.5 Å². The lowest BCUT2D eigenvalue weighted by Crippen LogP contribution is -2.32. The summed E-state index contributed by atoms with van der Waals surface area (Å²) in [6.45, 7) is 0.721. The van der Waals surface area contributed by atoms with Crippen molar-refractivity contribution in [2.75, 3.05) is 13.2 Å². The summed E-state index contributed by atoms with van der Waals surface area (Å²) in [5, 5.41) is 14.2. The number of unbranched alkanes of at least 4 members (excludes halogenated alkanes) is 2. The molecule has 2 heterocycles. The number of fused-ring (bicyclic) bond motifs is 2. The molecule has 1 N–H and O–H groups in total. The van der Waals surface area contributed by atoms with Gasteiger partial charge in [-0.25, -0.2) is 0 Å². The lowest BCUT2D eigenvalue weighted by atomic mass is 10.0. The number of nitro groups is 1. The molecular weight excluding hydrogens is 414 g/mol. The molecule has 1 atom stereocenters. The molecule has 0 fully saturated rings. The fourth-order valence-electron chi connectivity index (χ4n) is 4.16. The van der Waals surface area contributed by atoms with E-state index in [0.29, 0.717) is 38.7 Å². The van der Waals surface area contributed by atoms with E-state index in [4.69, 9.17) is 4.74 Å². The zero-order valence-electron chi connectivity index (χ0n) is 17.4. The molecule has 0 saturated heterocycles. The highest BCUT2D eigenvalue weighted by Crippen LogP contribution is 2.32. The largest absolute Gasteiger partial charge is 0.493 e. The molecule has 9 nitrogen and oxygen atoms in total. The van der Waals surface area contributed by atoms with Crippen molar-refractivity contribution in [3.63, 3.8) is 0 Å². The Balaban J connectivity index is 1.24. The third kappa shape index (κ3) is 4.18. The van der Waals surface area contributed by atoms with Crippen LogP contribution in [0.1, 0.15) is 64.4 Å². The standard InChI is InChI=1S/C23H23N3O6/c27-20(24-17-12-14-32-19-10-4-3-7-15(17)19)11-2-1-5-13-25-22(28)16-8-6-9-18(26(30)31)21(16)23(25)29/h3-4,6-10,17H,1-2,5,11-14H2,(H,24,27). The van der Waals surface area contributed by atoms with E-state index in [2.05, 4.69) is 5.32 Å². The van der Waals surface area contributed by atoms with E-state index >= 15 is 0 Å². The monoisotopic (exact) mass is 437 g/mol. The smallest absolute Gasteiger partial charge is 0.282 e. The molecule has 0 aromatic heterocycles. The van der Waals surface area contributed by atoms with Gasteiger partial charge in [0.05, 0.1) is 23.1 Å². The quantitative estimate of drug-likeness (QED) is 0.293. The average Bonchev–Trinajstić information content (AvgIpc) is 3.04. The zero-order valence-corrected chi connectivity index (χ0v) is 17.4. The van der Waals surface area contributed by atoms with Gasteiger partial charge >= 0.3 is 0 Å². The lowest BCUT2D eigenvalue weighted by Gasteiger charge is -2.26. The van der Waals surface area contributed by atoms with Crippen LogP contribution in [0.5, 0.6) is 5.75 Å². The minimum atomic E-state index is -0.650. The van der Waals surface area contributed by atoms with E-state index in [1.807, 2.05) is 24.3 Å². The zero-order chi connectivity index (χ0) is 22.7. The van der Waals surface area contributed by atoms with Gasteiger partial charge in [0.15, 0.2) is 0 Å². The Labute approximate surface area is 184 Å². The maximum atomic E-state index is 12.6. The van der Waals surface area contributed by atoms with Gasteiger partial charge in [-0.2, -0.15) is 0 Å². The van der Waals surface area contributed by atoms with Crippen molar-refractivity contribution in [1.82, 2.24) is 10.2 Å². The van der Waals surface area contributed by atoms with Crippen LogP contribution >= 0.6 is 0 Å². The van der Waals surface area contributed by atoms with Crippen molar-refractivity contribution in [2.24, 2.45) is 0 Å². The van der Waals surface area contributed by atoms with Crippen LogP contribution < -0.4 is 10.1 Å². The van der Waals surface area contributed by atoms with E-state index in [9.17, 15) is 24.5 Å². The number of hydrogen-bond donors (Lipinski definition) is 1. The van der Waals surface area contributed by atoms with Crippen LogP contribution in [0.2, 0.25) is 0 Å². The van der Waals surface area contributed by atoms with Gasteiger partial charge in [-0.05, 0) is 25.0 Å². The molecule has 3 amide bonds. The molecule has 2 aliphatic heterocycles. The third-order valence-corrected chi connectivity index (χ3v) is 5.75. The normalized spacial score (nSPS) is 16.9. The van der Waals surface area contributed by atoms with Crippen molar-refractivity contribution >= 4 is 23.4 Å². The Morgan fingerprint density at radius 3 is 2.72 bits per heavy atom. The number of imide groups is 1. The molecule has 0 saturated carbocycles. The van der Waals surface area contributed by atoms with Gasteiger partial charge in [-0.3, -0.25) is 29.4 Å². The van der Waals surface area contributed by atoms with E-state index in [1.54, 1.807) is 0 Å². The van der Waals surface area contributed by atoms with Crippen LogP contribution in [0.3, 0.4) is 0 Å². The molecule has 32 heavy (non-hydrogen) atoms. The molecule has 0 spiro atoms. The summed E-state index contributed by atoms with van der Waals surface area (Å²) in [7, 11) is 0. The number of carbonyl (C=O) groups is 3. The molecule has 2 aliphatic rings. The summed E-state index contributed by atoms with van der Waals surface area (Å²) in [5.74, 6) is -0.397. The average molecular weight is 437 g/mol. The summed E-state index contributed by atoms with van der Waals surface area (Å²) in [6.07, 6.45) is 2.84. The number of amides is 3. The Bertz CT molecular complexity index is 1080. The second kappa shape index (κ2) is 9.17. The van der Waals surface area contributed by atoms with Gasteiger partial charge in [0.1, 0.15) is 11.3 Å². The Morgan fingerprint density at radius 1 is 1.09 bits per heavy atom. The number of nitrogens with zero attached hydrogens (tertiary/aromatic N) is 2. The van der Waals surface area contributed by atoms with Crippen molar-refractivity contribution in [1.29, 1.82) is 0 Å². The fourth-order valence-corrected chi connectivity index (χ4v) is 4.16. The molecule has 0 radical (unpaired) electrons. The number of rotatable bonds is 8. The molecule has 0 bridgehead atoms.